The highest BCUT2D eigenvalue weighted by atomic mass is 16.6. The third kappa shape index (κ3) is 2.81. The first-order valence-electron chi connectivity index (χ1n) is 7.18. The van der Waals surface area contributed by atoms with Crippen LogP contribution in [-0.4, -0.2) is 16.6 Å². The van der Waals surface area contributed by atoms with Gasteiger partial charge in [0.15, 0.2) is 0 Å². The van der Waals surface area contributed by atoms with Crippen molar-refractivity contribution in [3.05, 3.63) is 76.5 Å². The average Bonchev–Trinajstić information content (AvgIpc) is 2.96. The molecule has 2 aromatic carbocycles. The van der Waals surface area contributed by atoms with Crippen LogP contribution in [-0.2, 0) is 0 Å². The van der Waals surface area contributed by atoms with Crippen molar-refractivity contribution in [2.24, 2.45) is 0 Å². The molecule has 0 unspecified atom stereocenters. The molecule has 1 heterocycles. The third-order valence-electron chi connectivity index (χ3n) is 3.76. The molecule has 0 atom stereocenters. The molecule has 0 amide bonds. The number of nitro benzene ring substituents is 1. The first kappa shape index (κ1) is 14.8. The van der Waals surface area contributed by atoms with E-state index in [0.717, 1.165) is 28.4 Å². The number of non-ortho nitro benzene ring substituents is 1. The van der Waals surface area contributed by atoms with Crippen molar-refractivity contribution < 1.29 is 9.66 Å². The lowest BCUT2D eigenvalue weighted by atomic mass is 10.1. The van der Waals surface area contributed by atoms with Crippen LogP contribution in [0.2, 0.25) is 0 Å². The van der Waals surface area contributed by atoms with E-state index < -0.39 is 4.92 Å². The topological polar surface area (TPSA) is 57.3 Å². The Morgan fingerprint density at radius 3 is 2.43 bits per heavy atom. The molecule has 0 radical (unpaired) electrons. The Morgan fingerprint density at radius 1 is 1.04 bits per heavy atom. The minimum atomic E-state index is -0.393. The van der Waals surface area contributed by atoms with E-state index in [-0.39, 0.29) is 5.69 Å². The van der Waals surface area contributed by atoms with E-state index in [1.807, 2.05) is 43.3 Å². The fraction of sp³-hybridized carbons (Fsp3) is 0.111. The molecule has 5 heteroatoms. The van der Waals surface area contributed by atoms with Crippen molar-refractivity contribution in [2.75, 3.05) is 7.11 Å². The number of hydrogen-bond donors (Lipinski definition) is 0. The maximum atomic E-state index is 10.8. The highest BCUT2D eigenvalue weighted by molar-refractivity contribution is 5.65. The summed E-state index contributed by atoms with van der Waals surface area (Å²) in [6, 6.07) is 18.4. The van der Waals surface area contributed by atoms with Crippen molar-refractivity contribution >= 4 is 5.69 Å². The van der Waals surface area contributed by atoms with Crippen LogP contribution in [0.1, 0.15) is 5.69 Å². The maximum absolute atomic E-state index is 10.8. The van der Waals surface area contributed by atoms with Crippen molar-refractivity contribution in [1.29, 1.82) is 0 Å². The van der Waals surface area contributed by atoms with Crippen LogP contribution in [0.25, 0.3) is 16.9 Å². The first-order valence-corrected chi connectivity index (χ1v) is 7.18. The summed E-state index contributed by atoms with van der Waals surface area (Å²) in [4.78, 5) is 10.4. The molecule has 23 heavy (non-hydrogen) atoms. The van der Waals surface area contributed by atoms with Gasteiger partial charge in [0.1, 0.15) is 5.75 Å². The number of hydrogen-bond acceptors (Lipinski definition) is 3. The van der Waals surface area contributed by atoms with E-state index in [0.29, 0.717) is 0 Å². The molecule has 116 valence electrons. The second-order valence-electron chi connectivity index (χ2n) is 5.20. The Morgan fingerprint density at radius 2 is 1.78 bits per heavy atom. The molecular formula is C18H16N2O3. The second-order valence-corrected chi connectivity index (χ2v) is 5.20. The van der Waals surface area contributed by atoms with E-state index in [4.69, 9.17) is 4.74 Å². The fourth-order valence-electron chi connectivity index (χ4n) is 2.61. The Bertz CT molecular complexity index is 851. The van der Waals surface area contributed by atoms with Crippen molar-refractivity contribution in [3.63, 3.8) is 0 Å². The maximum Gasteiger partial charge on any atom is 0.269 e. The zero-order valence-corrected chi connectivity index (χ0v) is 12.9. The predicted octanol–water partition coefficient (Wildman–Crippen LogP) is 4.37. The van der Waals surface area contributed by atoms with Crippen LogP contribution in [0.4, 0.5) is 5.69 Å². The smallest absolute Gasteiger partial charge is 0.269 e. The van der Waals surface area contributed by atoms with Gasteiger partial charge < -0.3 is 9.30 Å². The summed E-state index contributed by atoms with van der Waals surface area (Å²) >= 11 is 0. The fourth-order valence-corrected chi connectivity index (χ4v) is 2.61. The van der Waals surface area contributed by atoms with Crippen LogP contribution in [0.15, 0.2) is 60.7 Å². The Kier molecular flexibility index (Phi) is 3.85. The number of nitro groups is 1. The van der Waals surface area contributed by atoms with E-state index in [1.54, 1.807) is 19.2 Å². The summed E-state index contributed by atoms with van der Waals surface area (Å²) in [5, 5.41) is 10.8. The van der Waals surface area contributed by atoms with Gasteiger partial charge in [-0.05, 0) is 48.9 Å². The molecule has 0 saturated carbocycles. The van der Waals surface area contributed by atoms with Crippen molar-refractivity contribution in [1.82, 2.24) is 4.57 Å². The Hall–Kier alpha value is -3.08. The zero-order chi connectivity index (χ0) is 16.4. The molecule has 1 aromatic heterocycles. The standard InChI is InChI=1S/C18H16N2O3/c1-13-6-11-18(14-7-9-15(10-8-14)20(21)22)19(13)16-4-3-5-17(12-16)23-2/h3-12H,1-2H3. The molecule has 0 aliphatic rings. The molecule has 3 aromatic rings. The summed E-state index contributed by atoms with van der Waals surface area (Å²) in [5.74, 6) is 0.783. The molecule has 5 nitrogen and oxygen atoms in total. The predicted molar refractivity (Wildman–Crippen MR) is 89.1 cm³/mol. The lowest BCUT2D eigenvalue weighted by Gasteiger charge is -2.13. The van der Waals surface area contributed by atoms with Crippen LogP contribution in [0.5, 0.6) is 5.75 Å². The number of benzene rings is 2. The number of aromatic nitrogens is 1. The highest BCUT2D eigenvalue weighted by Gasteiger charge is 2.12. The Labute approximate surface area is 133 Å². The second kappa shape index (κ2) is 5.96. The van der Waals surface area contributed by atoms with Gasteiger partial charge in [-0.15, -0.1) is 0 Å². The summed E-state index contributed by atoms with van der Waals surface area (Å²) in [5.41, 5.74) is 4.05. The van der Waals surface area contributed by atoms with Gasteiger partial charge in [0, 0.05) is 29.6 Å². The minimum Gasteiger partial charge on any atom is -0.497 e. The molecule has 0 spiro atoms. The van der Waals surface area contributed by atoms with Gasteiger partial charge in [-0.25, -0.2) is 0 Å². The van der Waals surface area contributed by atoms with Gasteiger partial charge in [0.2, 0.25) is 0 Å². The highest BCUT2D eigenvalue weighted by Crippen LogP contribution is 2.29. The number of rotatable bonds is 4. The van der Waals surface area contributed by atoms with Crippen LogP contribution >= 0.6 is 0 Å². The molecule has 0 saturated heterocycles. The molecule has 0 aliphatic carbocycles. The van der Waals surface area contributed by atoms with Crippen LogP contribution < -0.4 is 4.74 Å². The number of ether oxygens (including phenoxy) is 1. The largest absolute Gasteiger partial charge is 0.497 e. The monoisotopic (exact) mass is 308 g/mol. The van der Waals surface area contributed by atoms with E-state index >= 15 is 0 Å². The van der Waals surface area contributed by atoms with Crippen LogP contribution in [0.3, 0.4) is 0 Å². The zero-order valence-electron chi connectivity index (χ0n) is 12.9. The molecule has 0 bridgehead atoms. The van der Waals surface area contributed by atoms with E-state index in [9.17, 15) is 10.1 Å². The van der Waals surface area contributed by atoms with E-state index in [2.05, 4.69) is 4.57 Å². The van der Waals surface area contributed by atoms with Gasteiger partial charge in [-0.2, -0.15) is 0 Å². The van der Waals surface area contributed by atoms with Crippen LogP contribution in [0, 0.1) is 17.0 Å². The Balaban J connectivity index is 2.09. The third-order valence-corrected chi connectivity index (χ3v) is 3.76. The van der Waals surface area contributed by atoms with E-state index in [1.165, 1.54) is 12.1 Å². The number of methoxy groups -OCH3 is 1. The summed E-state index contributed by atoms with van der Waals surface area (Å²) in [6.45, 7) is 2.02. The van der Waals surface area contributed by atoms with Gasteiger partial charge in [0.05, 0.1) is 17.7 Å². The lowest BCUT2D eigenvalue weighted by Crippen LogP contribution is -1.99. The van der Waals surface area contributed by atoms with Gasteiger partial charge in [0.25, 0.3) is 5.69 Å². The van der Waals surface area contributed by atoms with Gasteiger partial charge in [-0.3, -0.25) is 10.1 Å². The molecule has 0 aliphatic heterocycles. The average molecular weight is 308 g/mol. The SMILES string of the molecule is COc1cccc(-n2c(C)ccc2-c2ccc([N+](=O)[O-])cc2)c1. The molecule has 0 N–H and O–H groups in total. The molecular weight excluding hydrogens is 292 g/mol. The first-order chi connectivity index (χ1) is 11.1. The van der Waals surface area contributed by atoms with Crippen molar-refractivity contribution in [3.8, 4) is 22.7 Å². The van der Waals surface area contributed by atoms with Crippen molar-refractivity contribution in [2.45, 2.75) is 6.92 Å². The number of nitrogens with zero attached hydrogens (tertiary/aromatic N) is 2. The quantitative estimate of drug-likeness (QED) is 0.531. The molecule has 0 fully saturated rings. The molecule has 3 rings (SSSR count). The minimum absolute atomic E-state index is 0.0879. The number of aryl methyl sites for hydroxylation is 1. The lowest BCUT2D eigenvalue weighted by molar-refractivity contribution is -0.384. The normalized spacial score (nSPS) is 10.5. The summed E-state index contributed by atoms with van der Waals surface area (Å²) < 4.78 is 7.39. The summed E-state index contributed by atoms with van der Waals surface area (Å²) in [6.07, 6.45) is 0. The van der Waals surface area contributed by atoms with Gasteiger partial charge in [-0.1, -0.05) is 6.07 Å². The van der Waals surface area contributed by atoms with Gasteiger partial charge >= 0.3 is 0 Å². The summed E-state index contributed by atoms with van der Waals surface area (Å²) in [7, 11) is 1.64.